The highest BCUT2D eigenvalue weighted by Crippen LogP contribution is 2.41. The van der Waals surface area contributed by atoms with Crippen LogP contribution in [0, 0.1) is 11.3 Å². The summed E-state index contributed by atoms with van der Waals surface area (Å²) in [7, 11) is 0. The third-order valence-corrected chi connectivity index (χ3v) is 3.82. The molecule has 1 aliphatic carbocycles. The van der Waals surface area contributed by atoms with Crippen LogP contribution in [0.2, 0.25) is 0 Å². The van der Waals surface area contributed by atoms with Crippen molar-refractivity contribution in [3.63, 3.8) is 0 Å². The van der Waals surface area contributed by atoms with Crippen LogP contribution >= 0.6 is 0 Å². The van der Waals surface area contributed by atoms with E-state index in [2.05, 4.69) is 32.9 Å². The maximum absolute atomic E-state index is 11.4. The first-order chi connectivity index (χ1) is 9.36. The molecule has 0 saturated heterocycles. The number of ether oxygens (including phenoxy) is 1. The van der Waals surface area contributed by atoms with E-state index in [9.17, 15) is 4.79 Å². The molecule has 112 valence electrons. The fraction of sp³-hybridized carbons (Fsp3) is 0.588. The molecular weight excluding hydrogens is 252 g/mol. The van der Waals surface area contributed by atoms with E-state index < -0.39 is 5.97 Å². The van der Waals surface area contributed by atoms with Crippen LogP contribution in [0.1, 0.15) is 40.5 Å². The van der Waals surface area contributed by atoms with Crippen LogP contribution in [0.25, 0.3) is 0 Å². The Hall–Kier alpha value is -1.35. The highest BCUT2D eigenvalue weighted by atomic mass is 16.5. The summed E-state index contributed by atoms with van der Waals surface area (Å²) in [5.74, 6) is 0.00410. The highest BCUT2D eigenvalue weighted by molar-refractivity contribution is 5.83. The maximum atomic E-state index is 11.4. The quantitative estimate of drug-likeness (QED) is 0.363. The van der Waals surface area contributed by atoms with Crippen LogP contribution in [-0.4, -0.2) is 24.3 Å². The summed E-state index contributed by atoms with van der Waals surface area (Å²) in [6.07, 6.45) is 10.2. The molecule has 1 rings (SSSR count). The second kappa shape index (κ2) is 7.44. The van der Waals surface area contributed by atoms with E-state index in [1.54, 1.807) is 0 Å². The van der Waals surface area contributed by atoms with Crippen molar-refractivity contribution in [1.29, 1.82) is 0 Å². The van der Waals surface area contributed by atoms with Crippen LogP contribution < -0.4 is 0 Å². The molecule has 3 heteroatoms. The third-order valence-electron chi connectivity index (χ3n) is 3.82. The minimum atomic E-state index is -0.406. The average molecular weight is 278 g/mol. The number of rotatable bonds is 5. The van der Waals surface area contributed by atoms with Gasteiger partial charge in [-0.1, -0.05) is 37.6 Å². The Bertz CT molecular complexity index is 428. The Kier molecular flexibility index (Phi) is 6.21. The lowest BCUT2D eigenvalue weighted by atomic mass is 9.68. The number of carbonyl (C=O) groups excluding carboxylic acids is 1. The Labute approximate surface area is 122 Å². The number of allylic oxidation sites excluding steroid dienone is 5. The van der Waals surface area contributed by atoms with E-state index in [0.717, 1.165) is 12.0 Å². The van der Waals surface area contributed by atoms with Gasteiger partial charge in [0, 0.05) is 12.0 Å². The van der Waals surface area contributed by atoms with E-state index in [1.165, 1.54) is 18.1 Å². The molecule has 3 nitrogen and oxygen atoms in total. The van der Waals surface area contributed by atoms with Crippen molar-refractivity contribution in [3.05, 3.63) is 35.5 Å². The van der Waals surface area contributed by atoms with Crippen molar-refractivity contribution in [1.82, 2.24) is 0 Å². The Balaban J connectivity index is 2.70. The van der Waals surface area contributed by atoms with Gasteiger partial charge in [0.15, 0.2) is 0 Å². The minimum Gasteiger partial charge on any atom is -0.460 e. The van der Waals surface area contributed by atoms with Crippen molar-refractivity contribution in [2.45, 2.75) is 40.5 Å². The highest BCUT2D eigenvalue weighted by Gasteiger charge is 2.30. The second-order valence-corrected chi connectivity index (χ2v) is 6.09. The predicted octanol–water partition coefficient (Wildman–Crippen LogP) is 3.41. The van der Waals surface area contributed by atoms with Gasteiger partial charge in [-0.05, 0) is 37.7 Å². The van der Waals surface area contributed by atoms with Crippen LogP contribution in [0.3, 0.4) is 0 Å². The zero-order chi connectivity index (χ0) is 15.2. The zero-order valence-electron chi connectivity index (χ0n) is 13.0. The topological polar surface area (TPSA) is 46.5 Å². The Morgan fingerprint density at radius 1 is 1.55 bits per heavy atom. The lowest BCUT2D eigenvalue weighted by molar-refractivity contribution is -0.138. The summed E-state index contributed by atoms with van der Waals surface area (Å²) < 4.78 is 4.81. The number of esters is 1. The first-order valence-corrected chi connectivity index (χ1v) is 7.17. The number of carbonyl (C=O) groups is 1. The first-order valence-electron chi connectivity index (χ1n) is 7.17. The normalized spacial score (nSPS) is 22.8. The molecule has 1 unspecified atom stereocenters. The van der Waals surface area contributed by atoms with Gasteiger partial charge in [-0.25, -0.2) is 4.79 Å². The van der Waals surface area contributed by atoms with Crippen molar-refractivity contribution in [2.75, 3.05) is 13.2 Å². The Morgan fingerprint density at radius 3 is 2.85 bits per heavy atom. The molecule has 0 saturated carbocycles. The summed E-state index contributed by atoms with van der Waals surface area (Å²) in [5.41, 5.74) is 2.52. The summed E-state index contributed by atoms with van der Waals surface area (Å²) in [5, 5.41) is 8.59. The van der Waals surface area contributed by atoms with E-state index in [1.807, 2.05) is 13.0 Å². The second-order valence-electron chi connectivity index (χ2n) is 6.09. The summed E-state index contributed by atoms with van der Waals surface area (Å²) in [6.45, 7) is 8.52. The standard InChI is InChI=1S/C17H26O3/c1-13(12-16(19)20-11-10-18)7-8-15-14(2)6-5-9-17(15,3)4/h6-8,12,15,18H,5,9-11H2,1-4H3/b8-7+,13-12+. The van der Waals surface area contributed by atoms with Gasteiger partial charge in [-0.2, -0.15) is 0 Å². The van der Waals surface area contributed by atoms with E-state index in [0.29, 0.717) is 5.92 Å². The van der Waals surface area contributed by atoms with Gasteiger partial charge < -0.3 is 9.84 Å². The van der Waals surface area contributed by atoms with Crippen molar-refractivity contribution >= 4 is 5.97 Å². The molecule has 0 radical (unpaired) electrons. The van der Waals surface area contributed by atoms with Gasteiger partial charge in [0.25, 0.3) is 0 Å². The molecule has 0 aliphatic heterocycles. The largest absolute Gasteiger partial charge is 0.460 e. The predicted molar refractivity (Wildman–Crippen MR) is 81.2 cm³/mol. The molecule has 0 aromatic heterocycles. The van der Waals surface area contributed by atoms with Gasteiger partial charge in [0.2, 0.25) is 0 Å². The molecule has 1 aliphatic rings. The number of hydrogen-bond donors (Lipinski definition) is 1. The van der Waals surface area contributed by atoms with Gasteiger partial charge in [-0.15, -0.1) is 0 Å². The lowest BCUT2D eigenvalue weighted by Crippen LogP contribution is -2.26. The van der Waals surface area contributed by atoms with Crippen LogP contribution in [0.4, 0.5) is 0 Å². The third kappa shape index (κ3) is 4.97. The molecular formula is C17H26O3. The summed E-state index contributed by atoms with van der Waals surface area (Å²) >= 11 is 0. The van der Waals surface area contributed by atoms with Gasteiger partial charge >= 0.3 is 5.97 Å². The van der Waals surface area contributed by atoms with Crippen molar-refractivity contribution in [2.24, 2.45) is 11.3 Å². The van der Waals surface area contributed by atoms with Crippen LogP contribution in [0.5, 0.6) is 0 Å². The maximum Gasteiger partial charge on any atom is 0.331 e. The Morgan fingerprint density at radius 2 is 2.25 bits per heavy atom. The molecule has 0 bridgehead atoms. The fourth-order valence-electron chi connectivity index (χ4n) is 2.65. The van der Waals surface area contributed by atoms with Crippen LogP contribution in [-0.2, 0) is 9.53 Å². The molecule has 1 N–H and O–H groups in total. The van der Waals surface area contributed by atoms with Gasteiger partial charge in [-0.3, -0.25) is 0 Å². The SMILES string of the molecule is CC1=CCCC(C)(C)C1/C=C/C(C)=C/C(=O)OCCO. The van der Waals surface area contributed by atoms with Crippen molar-refractivity contribution in [3.8, 4) is 0 Å². The van der Waals surface area contributed by atoms with Crippen molar-refractivity contribution < 1.29 is 14.6 Å². The van der Waals surface area contributed by atoms with Gasteiger partial charge in [0.05, 0.1) is 6.61 Å². The molecule has 0 spiro atoms. The van der Waals surface area contributed by atoms with E-state index in [4.69, 9.17) is 9.84 Å². The molecule has 1 atom stereocenters. The number of hydrogen-bond acceptors (Lipinski definition) is 3. The van der Waals surface area contributed by atoms with E-state index >= 15 is 0 Å². The minimum absolute atomic E-state index is 0.0455. The molecule has 0 heterocycles. The van der Waals surface area contributed by atoms with E-state index in [-0.39, 0.29) is 18.6 Å². The molecule has 0 aromatic rings. The lowest BCUT2D eigenvalue weighted by Gasteiger charge is -2.36. The molecule has 0 amide bonds. The zero-order valence-corrected chi connectivity index (χ0v) is 13.0. The average Bonchev–Trinajstić information content (AvgIpc) is 2.34. The summed E-state index contributed by atoms with van der Waals surface area (Å²) in [6, 6.07) is 0. The van der Waals surface area contributed by atoms with Crippen LogP contribution in [0.15, 0.2) is 35.5 Å². The number of aliphatic hydroxyl groups excluding tert-OH is 1. The molecule has 20 heavy (non-hydrogen) atoms. The fourth-order valence-corrected chi connectivity index (χ4v) is 2.65. The smallest absolute Gasteiger partial charge is 0.331 e. The summed E-state index contributed by atoms with van der Waals surface area (Å²) in [4.78, 5) is 11.4. The molecule has 0 aromatic carbocycles. The molecule has 0 fully saturated rings. The van der Waals surface area contributed by atoms with Gasteiger partial charge in [0.1, 0.15) is 6.61 Å². The first kappa shape index (κ1) is 16.7. The monoisotopic (exact) mass is 278 g/mol. The number of aliphatic hydroxyl groups is 1.